The van der Waals surface area contributed by atoms with Crippen LogP contribution in [0.15, 0.2) is 48.5 Å². The van der Waals surface area contributed by atoms with Gasteiger partial charge in [0.15, 0.2) is 6.04 Å². The van der Waals surface area contributed by atoms with Crippen molar-refractivity contribution in [2.75, 3.05) is 7.11 Å². The third-order valence-electron chi connectivity index (χ3n) is 3.75. The van der Waals surface area contributed by atoms with Crippen LogP contribution in [0.2, 0.25) is 0 Å². The molecule has 0 aliphatic heterocycles. The molecule has 0 aromatic heterocycles. The molecule has 6 heteroatoms. The van der Waals surface area contributed by atoms with E-state index in [0.717, 1.165) is 17.4 Å². The van der Waals surface area contributed by atoms with Crippen molar-refractivity contribution in [1.82, 2.24) is 5.32 Å². The van der Waals surface area contributed by atoms with Crippen LogP contribution in [0.4, 0.5) is 0 Å². The zero-order valence-corrected chi connectivity index (χ0v) is 13.9. The molecule has 0 fully saturated rings. The van der Waals surface area contributed by atoms with E-state index in [1.54, 1.807) is 36.4 Å². The van der Waals surface area contributed by atoms with Crippen molar-refractivity contribution in [3.8, 4) is 11.1 Å². The first-order chi connectivity index (χ1) is 12.0. The van der Waals surface area contributed by atoms with Crippen LogP contribution in [-0.2, 0) is 9.53 Å². The van der Waals surface area contributed by atoms with Crippen molar-refractivity contribution < 1.29 is 24.2 Å². The molecule has 0 aliphatic rings. The Hall–Kier alpha value is -2.99. The van der Waals surface area contributed by atoms with Gasteiger partial charge in [-0.05, 0) is 30.2 Å². The molecule has 25 heavy (non-hydrogen) atoms. The number of methoxy groups -OCH3 is 1. The summed E-state index contributed by atoms with van der Waals surface area (Å²) in [5, 5.41) is 12.1. The summed E-state index contributed by atoms with van der Waals surface area (Å²) in [5.74, 6) is -1.20. The second-order valence-corrected chi connectivity index (χ2v) is 5.53. The highest BCUT2D eigenvalue weighted by Gasteiger charge is 2.26. The van der Waals surface area contributed by atoms with E-state index in [1.807, 2.05) is 12.1 Å². The Kier molecular flexibility index (Phi) is 6.03. The van der Waals surface area contributed by atoms with E-state index < -0.39 is 24.0 Å². The van der Waals surface area contributed by atoms with Gasteiger partial charge >= 0.3 is 5.97 Å². The molecule has 2 atom stereocenters. The topological polar surface area (TPSA) is 92.7 Å². The second kappa shape index (κ2) is 8.21. The molecule has 0 bridgehead atoms. The number of aliphatic hydroxyl groups is 1. The maximum absolute atomic E-state index is 12.2. The quantitative estimate of drug-likeness (QED) is 0.617. The fraction of sp³-hybridized carbons (Fsp3) is 0.211. The number of carbonyl (C=O) groups is 3. The van der Waals surface area contributed by atoms with Crippen LogP contribution in [0.1, 0.15) is 27.6 Å². The normalized spacial score (nSPS) is 12.8. The van der Waals surface area contributed by atoms with Gasteiger partial charge in [-0.2, -0.15) is 0 Å². The zero-order valence-electron chi connectivity index (χ0n) is 13.9. The van der Waals surface area contributed by atoms with Crippen molar-refractivity contribution >= 4 is 18.2 Å². The van der Waals surface area contributed by atoms with Crippen molar-refractivity contribution in [3.05, 3.63) is 59.7 Å². The molecular weight excluding hydrogens is 322 g/mol. The molecule has 2 aromatic rings. The lowest BCUT2D eigenvalue weighted by Crippen LogP contribution is -2.48. The minimum absolute atomic E-state index is 0.350. The average molecular weight is 341 g/mol. The molecule has 2 rings (SSSR count). The number of rotatable bonds is 6. The van der Waals surface area contributed by atoms with Gasteiger partial charge < -0.3 is 15.2 Å². The molecule has 2 aromatic carbocycles. The Balaban J connectivity index is 2.13. The molecular formula is C19H19NO5. The predicted molar refractivity (Wildman–Crippen MR) is 92.2 cm³/mol. The minimum atomic E-state index is -1.13. The number of ether oxygens (including phenoxy) is 1. The average Bonchev–Trinajstić information content (AvgIpc) is 2.65. The number of carbonyl (C=O) groups excluding carboxylic acids is 3. The fourth-order valence-electron chi connectivity index (χ4n) is 2.30. The summed E-state index contributed by atoms with van der Waals surface area (Å²) in [5.41, 5.74) is 2.73. The first-order valence-corrected chi connectivity index (χ1v) is 7.68. The van der Waals surface area contributed by atoms with Crippen molar-refractivity contribution in [2.24, 2.45) is 0 Å². The molecule has 2 N–H and O–H groups in total. The number of benzene rings is 2. The van der Waals surface area contributed by atoms with Crippen LogP contribution >= 0.6 is 0 Å². The largest absolute Gasteiger partial charge is 0.467 e. The summed E-state index contributed by atoms with van der Waals surface area (Å²) >= 11 is 0. The highest BCUT2D eigenvalue weighted by atomic mass is 16.5. The minimum Gasteiger partial charge on any atom is -0.467 e. The van der Waals surface area contributed by atoms with E-state index in [-0.39, 0.29) is 0 Å². The fourth-order valence-corrected chi connectivity index (χ4v) is 2.30. The molecule has 0 spiro atoms. The molecule has 0 heterocycles. The van der Waals surface area contributed by atoms with Crippen LogP contribution < -0.4 is 5.32 Å². The van der Waals surface area contributed by atoms with E-state index in [4.69, 9.17) is 0 Å². The summed E-state index contributed by atoms with van der Waals surface area (Å²) in [6.07, 6.45) is -0.302. The van der Waals surface area contributed by atoms with Crippen molar-refractivity contribution in [3.63, 3.8) is 0 Å². The third kappa shape index (κ3) is 4.51. The van der Waals surface area contributed by atoms with Gasteiger partial charge in [0.25, 0.3) is 5.91 Å². The van der Waals surface area contributed by atoms with Gasteiger partial charge in [-0.15, -0.1) is 0 Å². The van der Waals surface area contributed by atoms with Gasteiger partial charge in [-0.25, -0.2) is 4.79 Å². The van der Waals surface area contributed by atoms with Gasteiger partial charge in [0, 0.05) is 11.1 Å². The summed E-state index contributed by atoms with van der Waals surface area (Å²) in [6, 6.07) is 12.7. The standard InChI is InChI=1S/C19H19NO5/c1-12(22)17(19(24)25-2)20-18(23)16-9-7-15(8-10-16)14-5-3-13(11-21)4-6-14/h3-12,17,22H,1-2H3,(H,20,23). The van der Waals surface area contributed by atoms with Gasteiger partial charge in [0.05, 0.1) is 13.2 Å². The van der Waals surface area contributed by atoms with Crippen LogP contribution in [0.5, 0.6) is 0 Å². The highest BCUT2D eigenvalue weighted by molar-refractivity contribution is 5.97. The van der Waals surface area contributed by atoms with E-state index in [1.165, 1.54) is 14.0 Å². The maximum Gasteiger partial charge on any atom is 0.331 e. The van der Waals surface area contributed by atoms with Gasteiger partial charge in [0.1, 0.15) is 6.29 Å². The van der Waals surface area contributed by atoms with Gasteiger partial charge in [0.2, 0.25) is 0 Å². The summed E-state index contributed by atoms with van der Waals surface area (Å²) in [6.45, 7) is 1.40. The Bertz CT molecular complexity index is 750. The number of esters is 1. The van der Waals surface area contributed by atoms with E-state index >= 15 is 0 Å². The highest BCUT2D eigenvalue weighted by Crippen LogP contribution is 2.20. The number of nitrogens with one attached hydrogen (secondary N) is 1. The Morgan fingerprint density at radius 1 is 1.04 bits per heavy atom. The predicted octanol–water partition coefficient (Wildman–Crippen LogP) is 1.82. The number of hydrogen-bond donors (Lipinski definition) is 2. The summed E-state index contributed by atoms with van der Waals surface area (Å²) < 4.78 is 4.57. The monoisotopic (exact) mass is 341 g/mol. The van der Waals surface area contributed by atoms with Crippen LogP contribution in [0.3, 0.4) is 0 Å². The molecule has 0 saturated carbocycles. The first kappa shape index (κ1) is 18.4. The van der Waals surface area contributed by atoms with Gasteiger partial charge in [-0.1, -0.05) is 36.4 Å². The van der Waals surface area contributed by atoms with Crippen LogP contribution in [0.25, 0.3) is 11.1 Å². The second-order valence-electron chi connectivity index (χ2n) is 5.53. The molecule has 0 saturated heterocycles. The van der Waals surface area contributed by atoms with Crippen molar-refractivity contribution in [2.45, 2.75) is 19.1 Å². The van der Waals surface area contributed by atoms with E-state index in [9.17, 15) is 19.5 Å². The Labute approximate surface area is 145 Å². The molecule has 130 valence electrons. The molecule has 1 amide bonds. The number of aldehydes is 1. The molecule has 6 nitrogen and oxygen atoms in total. The van der Waals surface area contributed by atoms with Crippen molar-refractivity contribution in [1.29, 1.82) is 0 Å². The zero-order chi connectivity index (χ0) is 18.4. The lowest BCUT2D eigenvalue weighted by molar-refractivity contribution is -0.145. The number of aliphatic hydroxyl groups excluding tert-OH is 1. The number of hydrogen-bond acceptors (Lipinski definition) is 5. The lowest BCUT2D eigenvalue weighted by atomic mass is 10.0. The Morgan fingerprint density at radius 2 is 1.56 bits per heavy atom. The number of amides is 1. The Morgan fingerprint density at radius 3 is 2.00 bits per heavy atom. The maximum atomic E-state index is 12.2. The van der Waals surface area contributed by atoms with E-state index in [0.29, 0.717) is 11.1 Å². The lowest BCUT2D eigenvalue weighted by Gasteiger charge is -2.19. The summed E-state index contributed by atoms with van der Waals surface area (Å²) in [7, 11) is 1.19. The molecule has 2 unspecified atom stereocenters. The molecule has 0 radical (unpaired) electrons. The smallest absolute Gasteiger partial charge is 0.331 e. The SMILES string of the molecule is COC(=O)C(NC(=O)c1ccc(-c2ccc(C=O)cc2)cc1)C(C)O. The van der Waals surface area contributed by atoms with Crippen LogP contribution in [-0.4, -0.2) is 42.5 Å². The summed E-state index contributed by atoms with van der Waals surface area (Å²) in [4.78, 5) is 34.5. The van der Waals surface area contributed by atoms with E-state index in [2.05, 4.69) is 10.1 Å². The third-order valence-corrected chi connectivity index (χ3v) is 3.75. The first-order valence-electron chi connectivity index (χ1n) is 7.68. The van der Waals surface area contributed by atoms with Gasteiger partial charge in [-0.3, -0.25) is 9.59 Å². The molecule has 0 aliphatic carbocycles. The van der Waals surface area contributed by atoms with Crippen LogP contribution in [0, 0.1) is 0 Å².